The average molecular weight is 336 g/mol. The summed E-state index contributed by atoms with van der Waals surface area (Å²) in [4.78, 5) is 18.7. The molecule has 1 fully saturated rings. The van der Waals surface area contributed by atoms with E-state index in [2.05, 4.69) is 17.1 Å². The van der Waals surface area contributed by atoms with Crippen molar-refractivity contribution in [1.82, 2.24) is 4.90 Å². The Morgan fingerprint density at radius 2 is 2.23 bits per heavy atom. The Morgan fingerprint density at radius 1 is 1.41 bits per heavy atom. The van der Waals surface area contributed by atoms with E-state index in [0.717, 1.165) is 29.6 Å². The van der Waals surface area contributed by atoms with Gasteiger partial charge < -0.3 is 10.0 Å². The minimum absolute atomic E-state index is 0.114. The second kappa shape index (κ2) is 7.53. The Balaban J connectivity index is 1.53. The number of rotatable bonds is 5. The van der Waals surface area contributed by atoms with Gasteiger partial charge in [-0.3, -0.25) is 9.79 Å². The van der Waals surface area contributed by atoms with E-state index in [4.69, 9.17) is 0 Å². The second-order valence-electron chi connectivity index (χ2n) is 5.47. The summed E-state index contributed by atoms with van der Waals surface area (Å²) < 4.78 is 0. The zero-order chi connectivity index (χ0) is 15.4. The average Bonchev–Trinajstić information content (AvgIpc) is 3.24. The van der Waals surface area contributed by atoms with Crippen molar-refractivity contribution in [3.8, 4) is 0 Å². The van der Waals surface area contributed by atoms with Crippen LogP contribution in [0, 0.1) is 0 Å². The molecule has 22 heavy (non-hydrogen) atoms. The first kappa shape index (κ1) is 15.9. The van der Waals surface area contributed by atoms with Gasteiger partial charge in [0, 0.05) is 18.1 Å². The number of aliphatic hydroxyl groups excluding tert-OH is 1. The lowest BCUT2D eigenvalue weighted by Gasteiger charge is -2.16. The van der Waals surface area contributed by atoms with Crippen molar-refractivity contribution in [2.45, 2.75) is 25.0 Å². The summed E-state index contributed by atoms with van der Waals surface area (Å²) in [5, 5.41) is 11.0. The predicted molar refractivity (Wildman–Crippen MR) is 93.5 cm³/mol. The maximum Gasteiger partial charge on any atom is 0.248 e. The number of nitrogens with zero attached hydrogens (tertiary/aromatic N) is 2. The van der Waals surface area contributed by atoms with Crippen LogP contribution in [0.25, 0.3) is 0 Å². The van der Waals surface area contributed by atoms with Crippen LogP contribution in [0.1, 0.15) is 12.0 Å². The number of aliphatic hydroxyl groups is 1. The Labute approximate surface area is 139 Å². The van der Waals surface area contributed by atoms with E-state index in [1.807, 2.05) is 23.1 Å². The molecular weight excluding hydrogens is 316 g/mol. The number of carbonyl (C=O) groups is 1. The largest absolute Gasteiger partial charge is 0.386 e. The molecule has 1 N–H and O–H groups in total. The van der Waals surface area contributed by atoms with Crippen LogP contribution in [0.15, 0.2) is 35.3 Å². The number of carbonyl (C=O) groups excluding carboxylic acids is 1. The lowest BCUT2D eigenvalue weighted by Crippen LogP contribution is -2.36. The molecule has 1 aromatic rings. The van der Waals surface area contributed by atoms with E-state index >= 15 is 0 Å². The van der Waals surface area contributed by atoms with Gasteiger partial charge in [-0.15, -0.1) is 23.5 Å². The van der Waals surface area contributed by atoms with Gasteiger partial charge in [0.05, 0.1) is 10.9 Å². The van der Waals surface area contributed by atoms with Gasteiger partial charge in [0.25, 0.3) is 0 Å². The van der Waals surface area contributed by atoms with Crippen LogP contribution in [-0.4, -0.2) is 57.0 Å². The van der Waals surface area contributed by atoms with E-state index in [-0.39, 0.29) is 11.9 Å². The molecule has 2 aliphatic heterocycles. The third kappa shape index (κ3) is 3.86. The number of aryl methyl sites for hydroxylation is 1. The molecular formula is C16H20N2O2S2. The van der Waals surface area contributed by atoms with Crippen LogP contribution < -0.4 is 0 Å². The van der Waals surface area contributed by atoms with Crippen LogP contribution >= 0.6 is 23.5 Å². The van der Waals surface area contributed by atoms with Gasteiger partial charge >= 0.3 is 0 Å². The molecule has 2 atom stereocenters. The molecule has 0 spiro atoms. The lowest BCUT2D eigenvalue weighted by atomic mass is 10.1. The molecule has 3 rings (SSSR count). The van der Waals surface area contributed by atoms with Crippen LogP contribution in [0.3, 0.4) is 0 Å². The highest BCUT2D eigenvalue weighted by Crippen LogP contribution is 2.25. The zero-order valence-corrected chi connectivity index (χ0v) is 14.0. The maximum atomic E-state index is 12.3. The molecule has 2 heterocycles. The Morgan fingerprint density at radius 3 is 2.95 bits per heavy atom. The highest BCUT2D eigenvalue weighted by Gasteiger charge is 2.32. The van der Waals surface area contributed by atoms with Crippen molar-refractivity contribution < 1.29 is 9.90 Å². The van der Waals surface area contributed by atoms with Gasteiger partial charge in [0.15, 0.2) is 0 Å². The van der Waals surface area contributed by atoms with Gasteiger partial charge in [-0.2, -0.15) is 0 Å². The molecule has 1 saturated heterocycles. The van der Waals surface area contributed by atoms with Crippen LogP contribution in [0.5, 0.6) is 0 Å². The highest BCUT2D eigenvalue weighted by atomic mass is 32.2. The fraction of sp³-hybridized carbons (Fsp3) is 0.500. The summed E-state index contributed by atoms with van der Waals surface area (Å²) in [7, 11) is 0. The van der Waals surface area contributed by atoms with Crippen molar-refractivity contribution in [2.75, 3.05) is 23.9 Å². The number of aliphatic imine (C=N–C) groups is 1. The summed E-state index contributed by atoms with van der Waals surface area (Å²) in [6.45, 7) is 0.825. The topological polar surface area (TPSA) is 52.9 Å². The van der Waals surface area contributed by atoms with Crippen LogP contribution in [-0.2, 0) is 11.2 Å². The first-order valence-electron chi connectivity index (χ1n) is 7.53. The quantitative estimate of drug-likeness (QED) is 0.894. The molecule has 0 radical (unpaired) electrons. The summed E-state index contributed by atoms with van der Waals surface area (Å²) in [5.41, 5.74) is 1.21. The molecule has 2 unspecified atom stereocenters. The summed E-state index contributed by atoms with van der Waals surface area (Å²) in [5.74, 6) is 2.57. The molecule has 118 valence electrons. The SMILES string of the molecule is O=C(C1CSC(C(O)CCc2ccccc2)=N1)N1CCSC1. The first-order valence-corrected chi connectivity index (χ1v) is 9.67. The maximum absolute atomic E-state index is 12.3. The van der Waals surface area contributed by atoms with Gasteiger partial charge in [-0.25, -0.2) is 0 Å². The predicted octanol–water partition coefficient (Wildman–Crippen LogP) is 2.03. The molecule has 0 saturated carbocycles. The van der Waals surface area contributed by atoms with E-state index in [1.54, 1.807) is 11.8 Å². The Hall–Kier alpha value is -0.980. The Kier molecular flexibility index (Phi) is 5.44. The minimum atomic E-state index is -0.559. The standard InChI is InChI=1S/C16H20N2O2S2/c19-14(7-6-12-4-2-1-3-5-12)15-17-13(10-22-15)16(20)18-8-9-21-11-18/h1-5,13-14,19H,6-11H2. The van der Waals surface area contributed by atoms with Crippen molar-refractivity contribution in [3.63, 3.8) is 0 Å². The third-order valence-electron chi connectivity index (χ3n) is 3.86. The number of benzene rings is 1. The second-order valence-corrected chi connectivity index (χ2v) is 7.59. The van der Waals surface area contributed by atoms with E-state index < -0.39 is 6.10 Å². The monoisotopic (exact) mass is 336 g/mol. The van der Waals surface area contributed by atoms with Crippen molar-refractivity contribution in [1.29, 1.82) is 0 Å². The molecule has 1 aromatic carbocycles. The minimum Gasteiger partial charge on any atom is -0.386 e. The molecule has 0 aromatic heterocycles. The van der Waals surface area contributed by atoms with Crippen LogP contribution in [0.2, 0.25) is 0 Å². The number of hydrogen-bond donors (Lipinski definition) is 1. The van der Waals surface area contributed by atoms with Crippen molar-refractivity contribution in [3.05, 3.63) is 35.9 Å². The van der Waals surface area contributed by atoms with E-state index in [1.165, 1.54) is 17.3 Å². The fourth-order valence-corrected chi connectivity index (χ4v) is 4.58. The van der Waals surface area contributed by atoms with Gasteiger partial charge in [-0.1, -0.05) is 30.3 Å². The van der Waals surface area contributed by atoms with E-state index in [0.29, 0.717) is 12.2 Å². The van der Waals surface area contributed by atoms with Crippen molar-refractivity contribution >= 4 is 34.5 Å². The van der Waals surface area contributed by atoms with Crippen LogP contribution in [0.4, 0.5) is 0 Å². The first-order chi connectivity index (χ1) is 10.7. The summed E-state index contributed by atoms with van der Waals surface area (Å²) in [6, 6.07) is 9.83. The molecule has 0 bridgehead atoms. The molecule has 1 amide bonds. The normalized spacial score (nSPS) is 22.7. The zero-order valence-electron chi connectivity index (χ0n) is 12.4. The smallest absolute Gasteiger partial charge is 0.248 e. The Bertz CT molecular complexity index is 544. The van der Waals surface area contributed by atoms with E-state index in [9.17, 15) is 9.90 Å². The molecule has 6 heteroatoms. The van der Waals surface area contributed by atoms with Crippen molar-refractivity contribution in [2.24, 2.45) is 4.99 Å². The molecule has 0 aliphatic carbocycles. The van der Waals surface area contributed by atoms with Gasteiger partial charge in [-0.05, 0) is 18.4 Å². The molecule has 4 nitrogen and oxygen atoms in total. The highest BCUT2D eigenvalue weighted by molar-refractivity contribution is 8.14. The summed E-state index contributed by atoms with van der Waals surface area (Å²) in [6.07, 6.45) is 0.912. The third-order valence-corrected chi connectivity index (χ3v) is 5.98. The lowest BCUT2D eigenvalue weighted by molar-refractivity contribution is -0.130. The number of amides is 1. The van der Waals surface area contributed by atoms with Gasteiger partial charge in [0.1, 0.15) is 12.1 Å². The number of thioether (sulfide) groups is 2. The summed E-state index contributed by atoms with van der Waals surface area (Å²) >= 11 is 3.31. The van der Waals surface area contributed by atoms with Gasteiger partial charge in [0.2, 0.25) is 5.91 Å². The fourth-order valence-electron chi connectivity index (χ4n) is 2.57. The number of hydrogen-bond acceptors (Lipinski definition) is 5. The molecule has 2 aliphatic rings.